The average Bonchev–Trinajstić information content (AvgIpc) is 2.75. The summed E-state index contributed by atoms with van der Waals surface area (Å²) in [7, 11) is 0. The van der Waals surface area contributed by atoms with E-state index in [0.29, 0.717) is 0 Å². The second kappa shape index (κ2) is 3.55. The van der Waals surface area contributed by atoms with E-state index >= 15 is 0 Å². The Morgan fingerprint density at radius 3 is 2.71 bits per heavy atom. The molecule has 0 aliphatic rings. The van der Waals surface area contributed by atoms with Crippen LogP contribution < -0.4 is 0 Å². The minimum atomic E-state index is -0.713. The smallest absolute Gasteiger partial charge is 0.240 e. The first-order valence-corrected chi connectivity index (χ1v) is 4.65. The van der Waals surface area contributed by atoms with Crippen molar-refractivity contribution < 1.29 is 13.4 Å². The van der Waals surface area contributed by atoms with Crippen molar-refractivity contribution >= 4 is 11.3 Å². The molecular formula is C10H4F2N4O. The summed E-state index contributed by atoms with van der Waals surface area (Å²) in [5.41, 5.74) is 0.789. The van der Waals surface area contributed by atoms with Crippen LogP contribution in [0.25, 0.3) is 22.6 Å². The zero-order chi connectivity index (χ0) is 11.8. The third kappa shape index (κ3) is 1.61. The van der Waals surface area contributed by atoms with E-state index in [0.717, 1.165) is 12.1 Å². The third-order valence-corrected chi connectivity index (χ3v) is 2.20. The van der Waals surface area contributed by atoms with Crippen molar-refractivity contribution in [1.82, 2.24) is 20.3 Å². The van der Waals surface area contributed by atoms with Crippen molar-refractivity contribution in [2.75, 3.05) is 0 Å². The van der Waals surface area contributed by atoms with Gasteiger partial charge in [0.25, 0.3) is 0 Å². The number of aromatic nitrogens is 4. The number of fused-ring (bicyclic) bond motifs is 1. The van der Waals surface area contributed by atoms with Gasteiger partial charge in [0, 0.05) is 11.6 Å². The molecule has 5 nitrogen and oxygen atoms in total. The van der Waals surface area contributed by atoms with E-state index in [4.69, 9.17) is 0 Å². The van der Waals surface area contributed by atoms with E-state index < -0.39 is 11.6 Å². The largest absolute Gasteiger partial charge is 0.243 e. The maximum absolute atomic E-state index is 13.5. The lowest BCUT2D eigenvalue weighted by Crippen LogP contribution is -1.91. The first-order chi connectivity index (χ1) is 8.24. The molecule has 0 saturated heterocycles. The van der Waals surface area contributed by atoms with E-state index in [1.54, 1.807) is 0 Å². The Morgan fingerprint density at radius 2 is 1.88 bits per heavy atom. The van der Waals surface area contributed by atoms with Crippen LogP contribution in [0.2, 0.25) is 0 Å². The van der Waals surface area contributed by atoms with Gasteiger partial charge in [-0.2, -0.15) is 0 Å². The van der Waals surface area contributed by atoms with E-state index in [2.05, 4.69) is 24.9 Å². The van der Waals surface area contributed by atoms with Gasteiger partial charge >= 0.3 is 0 Å². The average molecular weight is 234 g/mol. The lowest BCUT2D eigenvalue weighted by molar-refractivity contribution is 0.314. The lowest BCUT2D eigenvalue weighted by atomic mass is 10.1. The summed E-state index contributed by atoms with van der Waals surface area (Å²) in [5, 5.41) is 6.97. The molecule has 0 amide bonds. The SMILES string of the molecule is Fc1ccc(-c2cnc3nonc3n2)c(F)c1. The topological polar surface area (TPSA) is 64.7 Å². The highest BCUT2D eigenvalue weighted by Crippen LogP contribution is 2.21. The molecule has 17 heavy (non-hydrogen) atoms. The van der Waals surface area contributed by atoms with Crippen LogP contribution in [0.4, 0.5) is 8.78 Å². The molecule has 7 heteroatoms. The van der Waals surface area contributed by atoms with Crippen LogP contribution in [0.15, 0.2) is 29.0 Å². The summed E-state index contributed by atoms with van der Waals surface area (Å²) in [5.74, 6) is -1.36. The zero-order valence-electron chi connectivity index (χ0n) is 8.26. The summed E-state index contributed by atoms with van der Waals surface area (Å²) < 4.78 is 30.7. The summed E-state index contributed by atoms with van der Waals surface area (Å²) >= 11 is 0. The van der Waals surface area contributed by atoms with Crippen LogP contribution >= 0.6 is 0 Å². The molecule has 0 radical (unpaired) electrons. The highest BCUT2D eigenvalue weighted by Gasteiger charge is 2.11. The van der Waals surface area contributed by atoms with Crippen molar-refractivity contribution in [2.24, 2.45) is 0 Å². The molecule has 0 fully saturated rings. The van der Waals surface area contributed by atoms with Crippen LogP contribution in [0.1, 0.15) is 0 Å². The fraction of sp³-hybridized carbons (Fsp3) is 0. The van der Waals surface area contributed by atoms with Crippen LogP contribution in [0, 0.1) is 11.6 Å². The molecule has 0 spiro atoms. The Labute approximate surface area is 93.1 Å². The van der Waals surface area contributed by atoms with Gasteiger partial charge in [-0.15, -0.1) is 0 Å². The van der Waals surface area contributed by atoms with Gasteiger partial charge in [-0.3, -0.25) is 0 Å². The Morgan fingerprint density at radius 1 is 1.06 bits per heavy atom. The number of benzene rings is 1. The summed E-state index contributed by atoms with van der Waals surface area (Å²) in [6.07, 6.45) is 1.32. The molecule has 0 atom stereocenters. The van der Waals surface area contributed by atoms with Crippen LogP contribution in [-0.2, 0) is 0 Å². The monoisotopic (exact) mass is 234 g/mol. The molecule has 84 valence electrons. The number of halogens is 2. The number of hydrogen-bond donors (Lipinski definition) is 0. The van der Waals surface area contributed by atoms with Crippen molar-refractivity contribution in [1.29, 1.82) is 0 Å². The maximum atomic E-state index is 13.5. The lowest BCUT2D eigenvalue weighted by Gasteiger charge is -2.01. The van der Waals surface area contributed by atoms with E-state index in [-0.39, 0.29) is 22.6 Å². The van der Waals surface area contributed by atoms with Crippen LogP contribution in [0.3, 0.4) is 0 Å². The number of rotatable bonds is 1. The molecule has 3 aromatic rings. The molecule has 0 saturated carbocycles. The van der Waals surface area contributed by atoms with Crippen molar-refractivity contribution in [3.8, 4) is 11.3 Å². The molecule has 1 aromatic carbocycles. The minimum Gasteiger partial charge on any atom is -0.240 e. The second-order valence-electron chi connectivity index (χ2n) is 3.29. The van der Waals surface area contributed by atoms with E-state index in [1.807, 2.05) is 0 Å². The second-order valence-corrected chi connectivity index (χ2v) is 3.29. The van der Waals surface area contributed by atoms with Gasteiger partial charge in [0.15, 0.2) is 0 Å². The predicted octanol–water partition coefficient (Wildman–Crippen LogP) is 1.96. The first kappa shape index (κ1) is 9.76. The first-order valence-electron chi connectivity index (χ1n) is 4.65. The zero-order valence-corrected chi connectivity index (χ0v) is 8.26. The summed E-state index contributed by atoms with van der Waals surface area (Å²) in [4.78, 5) is 7.89. The van der Waals surface area contributed by atoms with Crippen LogP contribution in [-0.4, -0.2) is 20.3 Å². The molecular weight excluding hydrogens is 230 g/mol. The van der Waals surface area contributed by atoms with E-state index in [1.165, 1.54) is 12.3 Å². The van der Waals surface area contributed by atoms with Crippen LogP contribution in [0.5, 0.6) is 0 Å². The predicted molar refractivity (Wildman–Crippen MR) is 52.7 cm³/mol. The van der Waals surface area contributed by atoms with Crippen molar-refractivity contribution in [3.63, 3.8) is 0 Å². The molecule has 0 bridgehead atoms. The van der Waals surface area contributed by atoms with Gasteiger partial charge < -0.3 is 0 Å². The van der Waals surface area contributed by atoms with Crippen molar-refractivity contribution in [3.05, 3.63) is 36.0 Å². The summed E-state index contributed by atoms with van der Waals surface area (Å²) in [6, 6.07) is 3.21. The number of nitrogens with zero attached hydrogens (tertiary/aromatic N) is 4. The fourth-order valence-electron chi connectivity index (χ4n) is 1.42. The molecule has 0 N–H and O–H groups in total. The highest BCUT2D eigenvalue weighted by atomic mass is 19.1. The Bertz CT molecular complexity index is 698. The Hall–Kier alpha value is -2.44. The number of hydrogen-bond acceptors (Lipinski definition) is 5. The highest BCUT2D eigenvalue weighted by molar-refractivity contribution is 5.69. The van der Waals surface area contributed by atoms with Gasteiger partial charge in [-0.25, -0.2) is 23.4 Å². The molecule has 0 unspecified atom stereocenters. The molecule has 2 aromatic heterocycles. The minimum absolute atomic E-state index is 0.142. The molecule has 2 heterocycles. The summed E-state index contributed by atoms with van der Waals surface area (Å²) in [6.45, 7) is 0. The van der Waals surface area contributed by atoms with Gasteiger partial charge in [0.2, 0.25) is 11.3 Å². The Kier molecular flexibility index (Phi) is 2.04. The fourth-order valence-corrected chi connectivity index (χ4v) is 1.42. The standard InChI is InChI=1S/C10H4F2N4O/c11-5-1-2-6(7(12)3-5)8-4-13-9-10(14-8)16-17-15-9/h1-4H. The van der Waals surface area contributed by atoms with E-state index in [9.17, 15) is 8.78 Å². The van der Waals surface area contributed by atoms with Gasteiger partial charge in [0.05, 0.1) is 11.9 Å². The van der Waals surface area contributed by atoms with Gasteiger partial charge in [-0.1, -0.05) is 0 Å². The van der Waals surface area contributed by atoms with Gasteiger partial charge in [-0.05, 0) is 22.4 Å². The third-order valence-electron chi connectivity index (χ3n) is 2.20. The normalized spacial score (nSPS) is 10.9. The Balaban J connectivity index is 2.19. The molecule has 0 aliphatic carbocycles. The van der Waals surface area contributed by atoms with Gasteiger partial charge in [0.1, 0.15) is 11.6 Å². The van der Waals surface area contributed by atoms with Crippen molar-refractivity contribution in [2.45, 2.75) is 0 Å². The quantitative estimate of drug-likeness (QED) is 0.643. The molecule has 0 aliphatic heterocycles. The molecule has 3 rings (SSSR count). The maximum Gasteiger partial charge on any atom is 0.243 e.